The van der Waals surface area contributed by atoms with Gasteiger partial charge in [0.15, 0.2) is 0 Å². The van der Waals surface area contributed by atoms with Crippen molar-refractivity contribution in [1.29, 1.82) is 0 Å². The van der Waals surface area contributed by atoms with Crippen molar-refractivity contribution in [2.45, 2.75) is 6.42 Å². The molecular weight excluding hydrogens is 284 g/mol. The number of carbonyl (C=O) groups is 1. The molecule has 5 heteroatoms. The Balaban J connectivity index is 2.46. The van der Waals surface area contributed by atoms with Crippen LogP contribution in [0.15, 0.2) is 34.9 Å². The Morgan fingerprint density at radius 3 is 2.65 bits per heavy atom. The number of hydrogen-bond donors (Lipinski definition) is 1. The van der Waals surface area contributed by atoms with Crippen LogP contribution in [0.3, 0.4) is 0 Å². The van der Waals surface area contributed by atoms with E-state index < -0.39 is 5.97 Å². The molecule has 0 bridgehead atoms. The van der Waals surface area contributed by atoms with Crippen molar-refractivity contribution in [3.63, 3.8) is 0 Å². The lowest BCUT2D eigenvalue weighted by atomic mass is 10.2. The summed E-state index contributed by atoms with van der Waals surface area (Å²) >= 11 is 3.36. The van der Waals surface area contributed by atoms with Crippen molar-refractivity contribution in [1.82, 2.24) is 9.55 Å². The van der Waals surface area contributed by atoms with Crippen LogP contribution in [0.1, 0.15) is 5.69 Å². The van der Waals surface area contributed by atoms with E-state index in [-0.39, 0.29) is 6.42 Å². The Morgan fingerprint density at radius 2 is 2.06 bits per heavy atom. The van der Waals surface area contributed by atoms with Gasteiger partial charge in [-0.05, 0) is 15.9 Å². The number of hydrogen-bond acceptors (Lipinski definition) is 2. The van der Waals surface area contributed by atoms with Crippen molar-refractivity contribution in [3.05, 3.63) is 40.6 Å². The van der Waals surface area contributed by atoms with Gasteiger partial charge in [-0.2, -0.15) is 0 Å². The molecule has 4 nitrogen and oxygen atoms in total. The second-order valence-corrected chi connectivity index (χ2v) is 4.42. The Bertz CT molecular complexity index is 549. The summed E-state index contributed by atoms with van der Waals surface area (Å²) in [7, 11) is 1.85. The molecule has 0 unspecified atom stereocenters. The number of imidazole rings is 1. The molecule has 1 aromatic heterocycles. The van der Waals surface area contributed by atoms with Gasteiger partial charge in [0.05, 0.1) is 12.1 Å². The summed E-state index contributed by atoms with van der Waals surface area (Å²) in [6.07, 6.45) is -0.0821. The lowest BCUT2D eigenvalue weighted by molar-refractivity contribution is -0.136. The van der Waals surface area contributed by atoms with E-state index in [1.54, 1.807) is 0 Å². The minimum Gasteiger partial charge on any atom is -0.481 e. The van der Waals surface area contributed by atoms with Gasteiger partial charge in [-0.25, -0.2) is 4.98 Å². The summed E-state index contributed by atoms with van der Waals surface area (Å²) in [6.45, 7) is 0. The topological polar surface area (TPSA) is 55.1 Å². The molecule has 0 amide bonds. The maximum absolute atomic E-state index is 10.7. The zero-order valence-corrected chi connectivity index (χ0v) is 10.8. The standard InChI is InChI=1S/C12H11BrN2O2/c1-15-11(13)9(7-10(16)17)14-12(15)8-5-3-2-4-6-8/h2-6H,7H2,1H3,(H,16,17). The number of rotatable bonds is 3. The number of aliphatic carboxylic acids is 1. The number of benzene rings is 1. The fourth-order valence-corrected chi connectivity index (χ4v) is 2.03. The second kappa shape index (κ2) is 4.71. The average Bonchev–Trinajstić information content (AvgIpc) is 2.58. The largest absolute Gasteiger partial charge is 0.481 e. The Labute approximate surface area is 107 Å². The fraction of sp³-hybridized carbons (Fsp3) is 0.167. The minimum absolute atomic E-state index is 0.0821. The molecular formula is C12H11BrN2O2. The van der Waals surface area contributed by atoms with Gasteiger partial charge in [-0.1, -0.05) is 30.3 Å². The molecule has 17 heavy (non-hydrogen) atoms. The van der Waals surface area contributed by atoms with Gasteiger partial charge in [-0.15, -0.1) is 0 Å². The SMILES string of the molecule is Cn1c(-c2ccccc2)nc(CC(=O)O)c1Br. The maximum Gasteiger partial charge on any atom is 0.309 e. The summed E-state index contributed by atoms with van der Waals surface area (Å²) in [5, 5.41) is 8.79. The van der Waals surface area contributed by atoms with E-state index in [0.29, 0.717) is 10.3 Å². The molecule has 0 aliphatic heterocycles. The molecule has 2 aromatic rings. The highest BCUT2D eigenvalue weighted by atomic mass is 79.9. The van der Waals surface area contributed by atoms with Crippen LogP contribution in [0.2, 0.25) is 0 Å². The predicted molar refractivity (Wildman–Crippen MR) is 67.7 cm³/mol. The average molecular weight is 295 g/mol. The Morgan fingerprint density at radius 1 is 1.41 bits per heavy atom. The molecule has 0 saturated heterocycles. The molecule has 0 fully saturated rings. The first-order valence-corrected chi connectivity index (χ1v) is 5.87. The third kappa shape index (κ3) is 2.39. The molecule has 0 spiro atoms. The third-order valence-corrected chi connectivity index (χ3v) is 3.43. The van der Waals surface area contributed by atoms with Gasteiger partial charge >= 0.3 is 5.97 Å². The van der Waals surface area contributed by atoms with Crippen LogP contribution in [0.5, 0.6) is 0 Å². The van der Waals surface area contributed by atoms with Crippen LogP contribution < -0.4 is 0 Å². The van der Waals surface area contributed by atoms with Crippen LogP contribution >= 0.6 is 15.9 Å². The van der Waals surface area contributed by atoms with Gasteiger partial charge in [-0.3, -0.25) is 4.79 Å². The quantitative estimate of drug-likeness (QED) is 0.946. The van der Waals surface area contributed by atoms with Crippen LogP contribution in [0.4, 0.5) is 0 Å². The first-order valence-electron chi connectivity index (χ1n) is 5.08. The Hall–Kier alpha value is -1.62. The maximum atomic E-state index is 10.7. The van der Waals surface area contributed by atoms with Crippen molar-refractivity contribution >= 4 is 21.9 Å². The monoisotopic (exact) mass is 294 g/mol. The second-order valence-electron chi connectivity index (χ2n) is 3.67. The van der Waals surface area contributed by atoms with E-state index in [1.807, 2.05) is 41.9 Å². The van der Waals surface area contributed by atoms with Crippen LogP contribution in [0.25, 0.3) is 11.4 Å². The number of carboxylic acid groups (broad SMARTS) is 1. The van der Waals surface area contributed by atoms with Crippen LogP contribution in [0, 0.1) is 0 Å². The fourth-order valence-electron chi connectivity index (χ4n) is 1.64. The lowest BCUT2D eigenvalue weighted by Crippen LogP contribution is -2.01. The van der Waals surface area contributed by atoms with E-state index in [9.17, 15) is 4.79 Å². The molecule has 1 heterocycles. The third-order valence-electron chi connectivity index (χ3n) is 2.44. The number of halogens is 1. The summed E-state index contributed by atoms with van der Waals surface area (Å²) < 4.78 is 2.55. The minimum atomic E-state index is -0.886. The normalized spacial score (nSPS) is 10.5. The van der Waals surface area contributed by atoms with Gasteiger partial charge in [0.1, 0.15) is 10.4 Å². The zero-order valence-electron chi connectivity index (χ0n) is 9.22. The summed E-state index contributed by atoms with van der Waals surface area (Å²) in [5.74, 6) is -0.128. The molecule has 88 valence electrons. The molecule has 0 atom stereocenters. The van der Waals surface area contributed by atoms with Crippen LogP contribution in [-0.2, 0) is 18.3 Å². The number of carboxylic acids is 1. The predicted octanol–water partition coefficient (Wildman–Crippen LogP) is 2.48. The van der Waals surface area contributed by atoms with E-state index in [0.717, 1.165) is 11.4 Å². The van der Waals surface area contributed by atoms with Crippen molar-refractivity contribution in [2.24, 2.45) is 7.05 Å². The number of nitrogens with zero attached hydrogens (tertiary/aromatic N) is 2. The first-order chi connectivity index (χ1) is 8.09. The van der Waals surface area contributed by atoms with Crippen molar-refractivity contribution in [2.75, 3.05) is 0 Å². The molecule has 0 saturated carbocycles. The van der Waals surface area contributed by atoms with Crippen molar-refractivity contribution in [3.8, 4) is 11.4 Å². The van der Waals surface area contributed by atoms with Crippen molar-refractivity contribution < 1.29 is 9.90 Å². The van der Waals surface area contributed by atoms with E-state index in [2.05, 4.69) is 20.9 Å². The highest BCUT2D eigenvalue weighted by Crippen LogP contribution is 2.25. The molecule has 0 aliphatic carbocycles. The van der Waals surface area contributed by atoms with Crippen LogP contribution in [-0.4, -0.2) is 20.6 Å². The highest BCUT2D eigenvalue weighted by molar-refractivity contribution is 9.10. The smallest absolute Gasteiger partial charge is 0.309 e. The Kier molecular flexibility index (Phi) is 3.28. The first kappa shape index (κ1) is 11.9. The van der Waals surface area contributed by atoms with E-state index in [4.69, 9.17) is 5.11 Å². The summed E-state index contributed by atoms with van der Waals surface area (Å²) in [5.41, 5.74) is 1.51. The van der Waals surface area contributed by atoms with Gasteiger partial charge in [0, 0.05) is 12.6 Å². The lowest BCUT2D eigenvalue weighted by Gasteiger charge is -2.01. The molecule has 2 rings (SSSR count). The van der Waals surface area contributed by atoms with Gasteiger partial charge in [0.25, 0.3) is 0 Å². The van der Waals surface area contributed by atoms with Gasteiger partial charge in [0.2, 0.25) is 0 Å². The summed E-state index contributed by atoms with van der Waals surface area (Å²) in [6, 6.07) is 9.67. The molecule has 0 aliphatic rings. The zero-order chi connectivity index (χ0) is 12.4. The highest BCUT2D eigenvalue weighted by Gasteiger charge is 2.15. The molecule has 0 radical (unpaired) electrons. The van der Waals surface area contributed by atoms with E-state index in [1.165, 1.54) is 0 Å². The summed E-state index contributed by atoms with van der Waals surface area (Å²) in [4.78, 5) is 15.1. The molecule has 1 N–H and O–H groups in total. The molecule has 1 aromatic carbocycles. The van der Waals surface area contributed by atoms with Gasteiger partial charge < -0.3 is 9.67 Å². The van der Waals surface area contributed by atoms with E-state index >= 15 is 0 Å². The number of aromatic nitrogens is 2.